The normalized spacial score (nSPS) is 15.6. The minimum atomic E-state index is 0.123. The molecular weight excluding hydrogens is 252 g/mol. The van der Waals surface area contributed by atoms with E-state index >= 15 is 0 Å². The van der Waals surface area contributed by atoms with Crippen LogP contribution < -0.4 is 4.74 Å². The van der Waals surface area contributed by atoms with Crippen molar-refractivity contribution in [2.24, 2.45) is 0 Å². The molecule has 4 nitrogen and oxygen atoms in total. The summed E-state index contributed by atoms with van der Waals surface area (Å²) in [5.74, 6) is 0.939. The number of hydrogen-bond donors (Lipinski definition) is 1. The van der Waals surface area contributed by atoms with E-state index in [4.69, 9.17) is 4.74 Å². The predicted octanol–water partition coefficient (Wildman–Crippen LogP) is 3.11. The fourth-order valence-electron chi connectivity index (χ4n) is 2.90. The Morgan fingerprint density at radius 1 is 1.25 bits per heavy atom. The smallest absolute Gasteiger partial charge is 0.270 e. The number of rotatable bonds is 2. The SMILES string of the molecule is COc1ccc2[nH]c(C(=O)N3CCCCC3)c(C)c2c1. The van der Waals surface area contributed by atoms with Crippen LogP contribution in [0.2, 0.25) is 0 Å². The van der Waals surface area contributed by atoms with Gasteiger partial charge in [-0.2, -0.15) is 0 Å². The average molecular weight is 272 g/mol. The van der Waals surface area contributed by atoms with Crippen molar-refractivity contribution in [2.75, 3.05) is 20.2 Å². The zero-order valence-corrected chi connectivity index (χ0v) is 12.0. The number of H-pyrrole nitrogens is 1. The molecule has 0 atom stereocenters. The molecule has 1 saturated heterocycles. The number of aromatic amines is 1. The zero-order valence-electron chi connectivity index (χ0n) is 12.0. The van der Waals surface area contributed by atoms with Gasteiger partial charge in [0.25, 0.3) is 5.91 Å². The third-order valence-electron chi connectivity index (χ3n) is 4.12. The molecule has 1 fully saturated rings. The molecule has 1 aromatic heterocycles. The van der Waals surface area contributed by atoms with Gasteiger partial charge in [-0.15, -0.1) is 0 Å². The second-order valence-electron chi connectivity index (χ2n) is 5.39. The molecule has 0 saturated carbocycles. The Balaban J connectivity index is 1.98. The molecule has 106 valence electrons. The van der Waals surface area contributed by atoms with Crippen molar-refractivity contribution in [1.29, 1.82) is 0 Å². The number of methoxy groups -OCH3 is 1. The monoisotopic (exact) mass is 272 g/mol. The Morgan fingerprint density at radius 2 is 2.00 bits per heavy atom. The van der Waals surface area contributed by atoms with Gasteiger partial charge in [0.1, 0.15) is 11.4 Å². The van der Waals surface area contributed by atoms with Crippen LogP contribution in [0, 0.1) is 6.92 Å². The van der Waals surface area contributed by atoms with Crippen LogP contribution in [-0.2, 0) is 0 Å². The van der Waals surface area contributed by atoms with Crippen molar-refractivity contribution in [3.8, 4) is 5.75 Å². The van der Waals surface area contributed by atoms with Gasteiger partial charge in [-0.3, -0.25) is 4.79 Å². The fraction of sp³-hybridized carbons (Fsp3) is 0.438. The Bertz CT molecular complexity index is 639. The number of nitrogens with zero attached hydrogens (tertiary/aromatic N) is 1. The molecule has 2 aromatic rings. The third-order valence-corrected chi connectivity index (χ3v) is 4.12. The molecule has 0 aliphatic carbocycles. The molecular formula is C16H20N2O2. The molecule has 1 N–H and O–H groups in total. The first-order chi connectivity index (χ1) is 9.70. The lowest BCUT2D eigenvalue weighted by Crippen LogP contribution is -2.36. The Kier molecular flexibility index (Phi) is 3.38. The predicted molar refractivity (Wildman–Crippen MR) is 79.3 cm³/mol. The van der Waals surface area contributed by atoms with Gasteiger partial charge in [-0.25, -0.2) is 0 Å². The van der Waals surface area contributed by atoms with Crippen LogP contribution >= 0.6 is 0 Å². The summed E-state index contributed by atoms with van der Waals surface area (Å²) in [6, 6.07) is 5.86. The minimum Gasteiger partial charge on any atom is -0.497 e. The number of amides is 1. The number of nitrogens with one attached hydrogen (secondary N) is 1. The van der Waals surface area contributed by atoms with Crippen LogP contribution in [0.4, 0.5) is 0 Å². The number of benzene rings is 1. The summed E-state index contributed by atoms with van der Waals surface area (Å²) in [4.78, 5) is 17.8. The maximum atomic E-state index is 12.6. The first-order valence-electron chi connectivity index (χ1n) is 7.16. The highest BCUT2D eigenvalue weighted by Gasteiger charge is 2.22. The lowest BCUT2D eigenvalue weighted by atomic mass is 10.1. The van der Waals surface area contributed by atoms with E-state index in [2.05, 4.69) is 4.98 Å². The van der Waals surface area contributed by atoms with Gasteiger partial charge in [-0.05, 0) is 49.9 Å². The van der Waals surface area contributed by atoms with E-state index in [1.165, 1.54) is 6.42 Å². The van der Waals surface area contributed by atoms with E-state index in [1.54, 1.807) is 7.11 Å². The van der Waals surface area contributed by atoms with Crippen molar-refractivity contribution in [1.82, 2.24) is 9.88 Å². The molecule has 4 heteroatoms. The number of piperidine rings is 1. The summed E-state index contributed by atoms with van der Waals surface area (Å²) in [5, 5.41) is 1.06. The molecule has 1 aliphatic rings. The number of hydrogen-bond acceptors (Lipinski definition) is 2. The maximum Gasteiger partial charge on any atom is 0.270 e. The van der Waals surface area contributed by atoms with Crippen molar-refractivity contribution in [3.05, 3.63) is 29.5 Å². The van der Waals surface area contributed by atoms with Gasteiger partial charge < -0.3 is 14.6 Å². The molecule has 1 amide bonds. The minimum absolute atomic E-state index is 0.123. The van der Waals surface area contributed by atoms with E-state index < -0.39 is 0 Å². The first kappa shape index (κ1) is 13.0. The molecule has 0 spiro atoms. The number of ether oxygens (including phenoxy) is 1. The van der Waals surface area contributed by atoms with Gasteiger partial charge in [0, 0.05) is 24.0 Å². The summed E-state index contributed by atoms with van der Waals surface area (Å²) in [6.45, 7) is 3.74. The van der Waals surface area contributed by atoms with Gasteiger partial charge in [0.05, 0.1) is 7.11 Å². The van der Waals surface area contributed by atoms with Crippen molar-refractivity contribution < 1.29 is 9.53 Å². The lowest BCUT2D eigenvalue weighted by molar-refractivity contribution is 0.0718. The number of carbonyl (C=O) groups excluding carboxylic acids is 1. The molecule has 20 heavy (non-hydrogen) atoms. The van der Waals surface area contributed by atoms with Crippen LogP contribution in [0.5, 0.6) is 5.75 Å². The maximum absolute atomic E-state index is 12.6. The van der Waals surface area contributed by atoms with Crippen molar-refractivity contribution in [2.45, 2.75) is 26.2 Å². The second kappa shape index (κ2) is 5.19. The van der Waals surface area contributed by atoms with Crippen molar-refractivity contribution >= 4 is 16.8 Å². The largest absolute Gasteiger partial charge is 0.497 e. The highest BCUT2D eigenvalue weighted by atomic mass is 16.5. The van der Waals surface area contributed by atoms with E-state index in [-0.39, 0.29) is 5.91 Å². The van der Waals surface area contributed by atoms with Crippen LogP contribution in [0.25, 0.3) is 10.9 Å². The quantitative estimate of drug-likeness (QED) is 0.913. The molecule has 0 bridgehead atoms. The van der Waals surface area contributed by atoms with Crippen LogP contribution in [0.15, 0.2) is 18.2 Å². The Labute approximate surface area is 118 Å². The highest BCUT2D eigenvalue weighted by Crippen LogP contribution is 2.27. The summed E-state index contributed by atoms with van der Waals surface area (Å²) in [7, 11) is 1.66. The van der Waals surface area contributed by atoms with Crippen molar-refractivity contribution in [3.63, 3.8) is 0 Å². The van der Waals surface area contributed by atoms with E-state index in [9.17, 15) is 4.79 Å². The van der Waals surface area contributed by atoms with Crippen LogP contribution in [-0.4, -0.2) is 36.0 Å². The number of likely N-dealkylation sites (tertiary alicyclic amines) is 1. The van der Waals surface area contributed by atoms with E-state index in [0.29, 0.717) is 0 Å². The van der Waals surface area contributed by atoms with Crippen LogP contribution in [0.3, 0.4) is 0 Å². The van der Waals surface area contributed by atoms with E-state index in [1.807, 2.05) is 30.0 Å². The zero-order chi connectivity index (χ0) is 14.1. The average Bonchev–Trinajstić information content (AvgIpc) is 2.84. The molecule has 0 radical (unpaired) electrons. The Morgan fingerprint density at radius 3 is 2.70 bits per heavy atom. The number of aryl methyl sites for hydroxylation is 1. The summed E-state index contributed by atoms with van der Waals surface area (Å²) >= 11 is 0. The molecule has 1 aromatic carbocycles. The van der Waals surface area contributed by atoms with Gasteiger partial charge in [-0.1, -0.05) is 0 Å². The number of fused-ring (bicyclic) bond motifs is 1. The summed E-state index contributed by atoms with van der Waals surface area (Å²) in [6.07, 6.45) is 3.45. The fourth-order valence-corrected chi connectivity index (χ4v) is 2.90. The van der Waals surface area contributed by atoms with Crippen LogP contribution in [0.1, 0.15) is 35.3 Å². The molecule has 2 heterocycles. The van der Waals surface area contributed by atoms with Gasteiger partial charge in [0.15, 0.2) is 0 Å². The summed E-state index contributed by atoms with van der Waals surface area (Å²) in [5.41, 5.74) is 2.72. The third kappa shape index (κ3) is 2.15. The number of carbonyl (C=O) groups is 1. The summed E-state index contributed by atoms with van der Waals surface area (Å²) < 4.78 is 5.25. The standard InChI is InChI=1S/C16H20N2O2/c1-11-13-10-12(20-2)6-7-14(13)17-15(11)16(19)18-8-4-3-5-9-18/h6-7,10,17H,3-5,8-9H2,1-2H3. The topological polar surface area (TPSA) is 45.3 Å². The van der Waals surface area contributed by atoms with Gasteiger partial charge in [0.2, 0.25) is 0 Å². The van der Waals surface area contributed by atoms with E-state index in [0.717, 1.165) is 53.8 Å². The highest BCUT2D eigenvalue weighted by molar-refractivity contribution is 6.01. The lowest BCUT2D eigenvalue weighted by Gasteiger charge is -2.26. The van der Waals surface area contributed by atoms with Gasteiger partial charge >= 0.3 is 0 Å². The molecule has 0 unspecified atom stereocenters. The first-order valence-corrected chi connectivity index (χ1v) is 7.16. The molecule has 1 aliphatic heterocycles. The molecule has 3 rings (SSSR count). The Hall–Kier alpha value is -1.97. The second-order valence-corrected chi connectivity index (χ2v) is 5.39. The number of aromatic nitrogens is 1.